The number of esters is 3. The van der Waals surface area contributed by atoms with Crippen LogP contribution in [-0.4, -0.2) is 37.2 Å². The number of hydrogen-bond donors (Lipinski definition) is 0. The van der Waals surface area contributed by atoms with Gasteiger partial charge in [0.2, 0.25) is 0 Å². The van der Waals surface area contributed by atoms with Crippen LogP contribution in [0, 0.1) is 0 Å². The highest BCUT2D eigenvalue weighted by Crippen LogP contribution is 2.10. The topological polar surface area (TPSA) is 78.9 Å². The van der Waals surface area contributed by atoms with E-state index in [1.54, 1.807) is 0 Å². The van der Waals surface area contributed by atoms with Crippen LogP contribution in [0.1, 0.15) is 213 Å². The lowest BCUT2D eigenvalue weighted by Gasteiger charge is -2.18. The lowest BCUT2D eigenvalue weighted by molar-refractivity contribution is -0.166. The summed E-state index contributed by atoms with van der Waals surface area (Å²) >= 11 is 0. The van der Waals surface area contributed by atoms with Crippen LogP contribution in [0.2, 0.25) is 0 Å². The molecule has 0 aromatic carbocycles. The Morgan fingerprint density at radius 3 is 0.972 bits per heavy atom. The average Bonchev–Trinajstić information content (AvgIpc) is 3.37. The predicted molar refractivity (Wildman–Crippen MR) is 306 cm³/mol. The maximum atomic E-state index is 12.8. The van der Waals surface area contributed by atoms with E-state index in [2.05, 4.69) is 167 Å². The standard InChI is InChI=1S/C65H100O6/c1-4-7-10-13-16-19-22-25-28-31-32-35-37-40-43-46-49-52-55-58-64(67)70-61-62(71-65(68)59-56-53-50-47-44-41-38-34-30-27-24-21-18-15-12-9-6-3)60-69-63(66)57-54-51-48-45-42-39-36-33-29-26-23-20-17-14-11-8-5-2/h7,10,16-21,25-30,32,35-36,38-41,43,47,49-50,52,62H,4-6,8-9,11-15,22-24,31,33-34,37,42,44-46,48,51,53-61H2,1-3H3/b10-7+,19-16+,20-17+,21-18+,28-25+,29-26+,30-27+,35-32+,39-36+,41-38+,43-40+,50-47+,52-49+/t62-/m1/s1. The Kier molecular flexibility index (Phi) is 53.6. The van der Waals surface area contributed by atoms with Gasteiger partial charge in [0, 0.05) is 19.3 Å². The minimum Gasteiger partial charge on any atom is -0.462 e. The summed E-state index contributed by atoms with van der Waals surface area (Å²) in [7, 11) is 0. The molecule has 6 nitrogen and oxygen atoms in total. The van der Waals surface area contributed by atoms with Gasteiger partial charge < -0.3 is 14.2 Å². The first-order valence-electron chi connectivity index (χ1n) is 28.0. The molecule has 0 aliphatic carbocycles. The molecule has 0 saturated heterocycles. The highest BCUT2D eigenvalue weighted by atomic mass is 16.6. The van der Waals surface area contributed by atoms with Crippen molar-refractivity contribution in [3.63, 3.8) is 0 Å². The van der Waals surface area contributed by atoms with E-state index in [0.29, 0.717) is 19.3 Å². The number of carbonyl (C=O) groups is 3. The SMILES string of the molecule is CC/C=C/C/C=C/C/C=C/C/C=C/C/C=C/C/C=C/CCC(=O)OC[C@@H](COC(=O)CCCCCC/C=C/C/C=C/C/C=C/CCCCC)OC(=O)CCC/C=C/C/C=C/C/C=C/C/C=C/CCCCC. The fourth-order valence-electron chi connectivity index (χ4n) is 6.82. The van der Waals surface area contributed by atoms with Crippen LogP contribution in [-0.2, 0) is 28.6 Å². The van der Waals surface area contributed by atoms with Crippen molar-refractivity contribution < 1.29 is 28.6 Å². The number of ether oxygens (including phenoxy) is 3. The van der Waals surface area contributed by atoms with E-state index in [-0.39, 0.29) is 38.0 Å². The number of hydrogen-bond acceptors (Lipinski definition) is 6. The predicted octanol–water partition coefficient (Wildman–Crippen LogP) is 19.0. The molecular weight excluding hydrogens is 877 g/mol. The summed E-state index contributed by atoms with van der Waals surface area (Å²) < 4.78 is 16.7. The minimum atomic E-state index is -0.855. The molecule has 0 fully saturated rings. The molecule has 71 heavy (non-hydrogen) atoms. The molecule has 396 valence electrons. The Morgan fingerprint density at radius 1 is 0.296 bits per heavy atom. The average molecular weight is 978 g/mol. The third kappa shape index (κ3) is 55.8. The van der Waals surface area contributed by atoms with Gasteiger partial charge in [-0.15, -0.1) is 0 Å². The Balaban J connectivity index is 4.66. The van der Waals surface area contributed by atoms with Gasteiger partial charge in [-0.2, -0.15) is 0 Å². The molecule has 0 aliphatic heterocycles. The molecule has 0 unspecified atom stereocenters. The molecule has 0 heterocycles. The maximum absolute atomic E-state index is 12.8. The summed E-state index contributed by atoms with van der Waals surface area (Å²) in [6.07, 6.45) is 83.8. The highest BCUT2D eigenvalue weighted by Gasteiger charge is 2.19. The summed E-state index contributed by atoms with van der Waals surface area (Å²) in [6.45, 7) is 6.32. The summed E-state index contributed by atoms with van der Waals surface area (Å²) in [5.41, 5.74) is 0. The molecule has 0 amide bonds. The normalized spacial score (nSPS) is 13.3. The number of carbonyl (C=O) groups excluding carboxylic acids is 3. The molecule has 0 N–H and O–H groups in total. The third-order valence-electron chi connectivity index (χ3n) is 11.0. The maximum Gasteiger partial charge on any atom is 0.306 e. The molecule has 0 aromatic rings. The van der Waals surface area contributed by atoms with Crippen molar-refractivity contribution in [2.45, 2.75) is 219 Å². The van der Waals surface area contributed by atoms with Crippen LogP contribution < -0.4 is 0 Å². The van der Waals surface area contributed by atoms with Gasteiger partial charge in [0.1, 0.15) is 13.2 Å². The molecule has 0 spiro atoms. The van der Waals surface area contributed by atoms with E-state index in [0.717, 1.165) is 109 Å². The molecule has 1 atom stereocenters. The van der Waals surface area contributed by atoms with Crippen molar-refractivity contribution in [2.24, 2.45) is 0 Å². The third-order valence-corrected chi connectivity index (χ3v) is 11.0. The molecule has 0 rings (SSSR count). The van der Waals surface area contributed by atoms with Crippen LogP contribution in [0.5, 0.6) is 0 Å². The molecule has 0 saturated carbocycles. The lowest BCUT2D eigenvalue weighted by Crippen LogP contribution is -2.30. The van der Waals surface area contributed by atoms with E-state index in [1.165, 1.54) is 51.4 Å². The largest absolute Gasteiger partial charge is 0.462 e. The van der Waals surface area contributed by atoms with Gasteiger partial charge in [-0.05, 0) is 135 Å². The number of unbranched alkanes of at least 4 members (excludes halogenated alkanes) is 11. The molecule has 0 aliphatic rings. The van der Waals surface area contributed by atoms with Gasteiger partial charge in [-0.1, -0.05) is 217 Å². The zero-order valence-corrected chi connectivity index (χ0v) is 45.2. The second-order valence-corrected chi connectivity index (χ2v) is 17.7. The molecule has 0 aromatic heterocycles. The van der Waals surface area contributed by atoms with Crippen LogP contribution in [0.25, 0.3) is 0 Å². The van der Waals surface area contributed by atoms with Gasteiger partial charge in [0.05, 0.1) is 0 Å². The monoisotopic (exact) mass is 977 g/mol. The van der Waals surface area contributed by atoms with Crippen molar-refractivity contribution in [3.8, 4) is 0 Å². The summed E-state index contributed by atoms with van der Waals surface area (Å²) in [5.74, 6) is -1.12. The summed E-state index contributed by atoms with van der Waals surface area (Å²) in [5, 5.41) is 0. The Bertz CT molecular complexity index is 1640. The quantitative estimate of drug-likeness (QED) is 0.0262. The van der Waals surface area contributed by atoms with Crippen LogP contribution in [0.4, 0.5) is 0 Å². The highest BCUT2D eigenvalue weighted by molar-refractivity contribution is 5.71. The lowest BCUT2D eigenvalue weighted by atomic mass is 10.1. The van der Waals surface area contributed by atoms with Crippen molar-refractivity contribution >= 4 is 17.9 Å². The first-order valence-corrected chi connectivity index (χ1v) is 28.0. The van der Waals surface area contributed by atoms with E-state index in [1.807, 2.05) is 12.2 Å². The van der Waals surface area contributed by atoms with E-state index >= 15 is 0 Å². The second-order valence-electron chi connectivity index (χ2n) is 17.7. The van der Waals surface area contributed by atoms with Gasteiger partial charge in [-0.25, -0.2) is 0 Å². The first-order chi connectivity index (χ1) is 35.0. The molecule has 0 radical (unpaired) electrons. The van der Waals surface area contributed by atoms with E-state index in [4.69, 9.17) is 14.2 Å². The van der Waals surface area contributed by atoms with E-state index in [9.17, 15) is 14.4 Å². The smallest absolute Gasteiger partial charge is 0.306 e. The van der Waals surface area contributed by atoms with Gasteiger partial charge in [0.25, 0.3) is 0 Å². The van der Waals surface area contributed by atoms with Gasteiger partial charge in [0.15, 0.2) is 6.10 Å². The fourth-order valence-corrected chi connectivity index (χ4v) is 6.82. The van der Waals surface area contributed by atoms with Gasteiger partial charge in [-0.3, -0.25) is 14.4 Å². The summed E-state index contributed by atoms with van der Waals surface area (Å²) in [4.78, 5) is 38.1. The zero-order chi connectivity index (χ0) is 51.4. The molecule has 0 bridgehead atoms. The van der Waals surface area contributed by atoms with E-state index < -0.39 is 12.1 Å². The second kappa shape index (κ2) is 57.6. The summed E-state index contributed by atoms with van der Waals surface area (Å²) in [6, 6.07) is 0. The molecular formula is C65H100O6. The zero-order valence-electron chi connectivity index (χ0n) is 45.2. The Hall–Kier alpha value is -4.97. The number of allylic oxidation sites excluding steroid dienone is 26. The van der Waals surface area contributed by atoms with Crippen molar-refractivity contribution in [3.05, 3.63) is 158 Å². The fraction of sp³-hybridized carbons (Fsp3) is 0.554. The van der Waals surface area contributed by atoms with Crippen molar-refractivity contribution in [1.29, 1.82) is 0 Å². The number of rotatable bonds is 48. The van der Waals surface area contributed by atoms with Crippen molar-refractivity contribution in [2.75, 3.05) is 13.2 Å². The molecule has 6 heteroatoms. The Morgan fingerprint density at radius 2 is 0.592 bits per heavy atom. The van der Waals surface area contributed by atoms with Crippen molar-refractivity contribution in [1.82, 2.24) is 0 Å². The van der Waals surface area contributed by atoms with Crippen LogP contribution in [0.15, 0.2) is 158 Å². The first kappa shape index (κ1) is 66.0. The minimum absolute atomic E-state index is 0.142. The Labute approximate surface area is 435 Å². The van der Waals surface area contributed by atoms with Gasteiger partial charge >= 0.3 is 17.9 Å². The van der Waals surface area contributed by atoms with Crippen LogP contribution in [0.3, 0.4) is 0 Å². The van der Waals surface area contributed by atoms with Crippen LogP contribution >= 0.6 is 0 Å².